The second kappa shape index (κ2) is 8.09. The number of nitrogens with one attached hydrogen (secondary N) is 2. The van der Waals surface area contributed by atoms with Crippen molar-refractivity contribution in [3.8, 4) is 5.88 Å². The lowest BCUT2D eigenvalue weighted by Crippen LogP contribution is -2.32. The predicted molar refractivity (Wildman–Crippen MR) is 83.4 cm³/mol. The number of methoxy groups -OCH3 is 1. The Bertz CT molecular complexity index is 801. The number of amides is 2. The molecule has 0 aliphatic carbocycles. The van der Waals surface area contributed by atoms with Gasteiger partial charge in [-0.05, 0) is 12.1 Å². The molecule has 12 heteroatoms. The third-order valence-electron chi connectivity index (χ3n) is 2.78. The quantitative estimate of drug-likeness (QED) is 0.462. The molecule has 0 atom stereocenters. The van der Waals surface area contributed by atoms with E-state index < -0.39 is 24.5 Å². The number of anilines is 1. The Labute approximate surface area is 144 Å². The zero-order valence-corrected chi connectivity index (χ0v) is 13.3. The van der Waals surface area contributed by atoms with Crippen LogP contribution in [0.3, 0.4) is 0 Å². The third kappa shape index (κ3) is 5.89. The minimum Gasteiger partial charge on any atom is -0.481 e. The number of hydrogen-bond donors (Lipinski definition) is 2. The second-order valence-corrected chi connectivity index (χ2v) is 4.80. The molecular formula is C14H13F3N6O3. The number of aromatic nitrogens is 3. The highest BCUT2D eigenvalue weighted by Gasteiger charge is 2.28. The Morgan fingerprint density at radius 1 is 1.31 bits per heavy atom. The van der Waals surface area contributed by atoms with E-state index in [0.29, 0.717) is 10.6 Å². The summed E-state index contributed by atoms with van der Waals surface area (Å²) in [6.45, 7) is -1.24. The summed E-state index contributed by atoms with van der Waals surface area (Å²) in [5, 5.41) is 9.34. The molecule has 2 amide bonds. The third-order valence-corrected chi connectivity index (χ3v) is 2.78. The van der Waals surface area contributed by atoms with Crippen molar-refractivity contribution in [1.29, 1.82) is 0 Å². The number of ether oxygens (including phenoxy) is 1. The molecule has 2 heterocycles. The van der Waals surface area contributed by atoms with Crippen LogP contribution in [0.25, 0.3) is 0 Å². The number of nitrogens with zero attached hydrogens (tertiary/aromatic N) is 4. The van der Waals surface area contributed by atoms with Gasteiger partial charge in [-0.15, -0.1) is 0 Å². The van der Waals surface area contributed by atoms with Crippen LogP contribution in [0.1, 0.15) is 5.69 Å². The van der Waals surface area contributed by atoms with Crippen LogP contribution in [-0.2, 0) is 16.1 Å². The average Bonchev–Trinajstić information content (AvgIpc) is 3.00. The smallest absolute Gasteiger partial charge is 0.408 e. The van der Waals surface area contributed by atoms with Gasteiger partial charge in [-0.1, -0.05) is 0 Å². The molecule has 0 aliphatic heterocycles. The Hall–Kier alpha value is -3.44. The molecule has 26 heavy (non-hydrogen) atoms. The van der Waals surface area contributed by atoms with E-state index in [1.165, 1.54) is 31.5 Å². The van der Waals surface area contributed by atoms with E-state index in [1.54, 1.807) is 0 Å². The van der Waals surface area contributed by atoms with E-state index in [9.17, 15) is 22.8 Å². The molecule has 2 rings (SSSR count). The van der Waals surface area contributed by atoms with Gasteiger partial charge >= 0.3 is 18.0 Å². The fourth-order valence-electron chi connectivity index (χ4n) is 1.69. The molecule has 0 spiro atoms. The lowest BCUT2D eigenvalue weighted by molar-refractivity contribution is -0.142. The highest BCUT2D eigenvalue weighted by atomic mass is 19.4. The summed E-state index contributed by atoms with van der Waals surface area (Å²) >= 11 is 0. The van der Waals surface area contributed by atoms with Crippen LogP contribution in [-0.4, -0.2) is 46.1 Å². The van der Waals surface area contributed by atoms with E-state index in [2.05, 4.69) is 20.5 Å². The van der Waals surface area contributed by atoms with Crippen molar-refractivity contribution in [3.63, 3.8) is 0 Å². The highest BCUT2D eigenvalue weighted by Crippen LogP contribution is 2.16. The van der Waals surface area contributed by atoms with Gasteiger partial charge in [0.1, 0.15) is 12.2 Å². The van der Waals surface area contributed by atoms with Gasteiger partial charge < -0.3 is 10.1 Å². The molecule has 0 saturated heterocycles. The van der Waals surface area contributed by atoms with Gasteiger partial charge in [0, 0.05) is 12.3 Å². The van der Waals surface area contributed by atoms with Crippen LogP contribution >= 0.6 is 0 Å². The zero-order chi connectivity index (χ0) is 19.2. The van der Waals surface area contributed by atoms with Crippen molar-refractivity contribution < 1.29 is 27.5 Å². The molecule has 0 aromatic carbocycles. The Morgan fingerprint density at radius 3 is 2.69 bits per heavy atom. The van der Waals surface area contributed by atoms with Crippen molar-refractivity contribution in [3.05, 3.63) is 36.3 Å². The molecule has 2 N–H and O–H groups in total. The first-order valence-corrected chi connectivity index (χ1v) is 7.01. The number of alkyl halides is 3. The van der Waals surface area contributed by atoms with Gasteiger partial charge in [0.25, 0.3) is 0 Å². The van der Waals surface area contributed by atoms with Gasteiger partial charge in [0.05, 0.1) is 25.2 Å². The molecule has 9 nitrogen and oxygen atoms in total. The summed E-state index contributed by atoms with van der Waals surface area (Å²) in [7, 11) is 1.43. The van der Waals surface area contributed by atoms with Gasteiger partial charge in [0.15, 0.2) is 0 Å². The number of carbonyl (C=O) groups excluding carboxylic acids is 2. The Kier molecular flexibility index (Phi) is 5.88. The Morgan fingerprint density at radius 2 is 2.08 bits per heavy atom. The molecule has 0 aliphatic rings. The molecule has 0 bridgehead atoms. The predicted octanol–water partition coefficient (Wildman–Crippen LogP) is 0.938. The molecule has 0 saturated carbocycles. The summed E-state index contributed by atoms with van der Waals surface area (Å²) in [6.07, 6.45) is -0.989. The number of carbonyl (C=O) groups is 2. The summed E-state index contributed by atoms with van der Waals surface area (Å²) < 4.78 is 42.2. The van der Waals surface area contributed by atoms with Crippen molar-refractivity contribution >= 4 is 23.7 Å². The monoisotopic (exact) mass is 370 g/mol. The Balaban J connectivity index is 1.85. The van der Waals surface area contributed by atoms with E-state index >= 15 is 0 Å². The maximum atomic E-state index is 12.2. The number of hydrazone groups is 1. The SMILES string of the molecule is COc1ccc(NC(=O)C(=O)NN=Cc2ccn(CC(F)(F)F)n2)cn1. The fraction of sp³-hybridized carbons (Fsp3) is 0.214. The number of rotatable bonds is 5. The summed E-state index contributed by atoms with van der Waals surface area (Å²) in [5.41, 5.74) is 2.28. The maximum Gasteiger partial charge on any atom is 0.408 e. The zero-order valence-electron chi connectivity index (χ0n) is 13.3. The molecule has 2 aromatic heterocycles. The van der Waals surface area contributed by atoms with Crippen LogP contribution in [0.5, 0.6) is 5.88 Å². The van der Waals surface area contributed by atoms with Gasteiger partial charge in [-0.2, -0.15) is 23.4 Å². The van der Waals surface area contributed by atoms with Crippen LogP contribution < -0.4 is 15.5 Å². The van der Waals surface area contributed by atoms with Crippen molar-refractivity contribution in [2.75, 3.05) is 12.4 Å². The second-order valence-electron chi connectivity index (χ2n) is 4.80. The molecule has 138 valence electrons. The van der Waals surface area contributed by atoms with E-state index in [1.807, 2.05) is 5.43 Å². The minimum absolute atomic E-state index is 0.0781. The number of halogens is 3. The first-order valence-electron chi connectivity index (χ1n) is 7.01. The highest BCUT2D eigenvalue weighted by molar-refractivity contribution is 6.39. The van der Waals surface area contributed by atoms with Crippen LogP contribution in [0.4, 0.5) is 18.9 Å². The van der Waals surface area contributed by atoms with Gasteiger partial charge in [-0.25, -0.2) is 10.4 Å². The summed E-state index contributed by atoms with van der Waals surface area (Å²) in [6, 6.07) is 4.24. The summed E-state index contributed by atoms with van der Waals surface area (Å²) in [4.78, 5) is 27.1. The standard InChI is InChI=1S/C14H13F3N6O3/c1-26-11-3-2-9(6-18-11)20-12(24)13(25)21-19-7-10-4-5-23(22-10)8-14(15,16)17/h2-7H,8H2,1H3,(H,20,24)(H,21,25). The number of hydrogen-bond acceptors (Lipinski definition) is 6. The van der Waals surface area contributed by atoms with Gasteiger partial charge in [-0.3, -0.25) is 14.3 Å². The van der Waals surface area contributed by atoms with E-state index in [-0.39, 0.29) is 11.4 Å². The topological polar surface area (TPSA) is 110 Å². The normalized spacial score (nSPS) is 11.4. The molecule has 0 unspecified atom stereocenters. The maximum absolute atomic E-state index is 12.2. The largest absolute Gasteiger partial charge is 0.481 e. The van der Waals surface area contributed by atoms with Crippen LogP contribution in [0.15, 0.2) is 35.7 Å². The van der Waals surface area contributed by atoms with Crippen LogP contribution in [0.2, 0.25) is 0 Å². The lowest BCUT2D eigenvalue weighted by Gasteiger charge is -2.05. The molecular weight excluding hydrogens is 357 g/mol. The first kappa shape index (κ1) is 18.9. The van der Waals surface area contributed by atoms with Crippen LogP contribution in [0, 0.1) is 0 Å². The lowest BCUT2D eigenvalue weighted by atomic mass is 10.4. The molecule has 0 fully saturated rings. The van der Waals surface area contributed by atoms with Crippen molar-refractivity contribution in [1.82, 2.24) is 20.2 Å². The van der Waals surface area contributed by atoms with E-state index in [0.717, 1.165) is 12.4 Å². The average molecular weight is 370 g/mol. The van der Waals surface area contributed by atoms with Gasteiger partial charge in [0.2, 0.25) is 5.88 Å². The minimum atomic E-state index is -4.40. The number of pyridine rings is 1. The summed E-state index contributed by atoms with van der Waals surface area (Å²) in [5.74, 6) is -1.74. The van der Waals surface area contributed by atoms with Crippen molar-refractivity contribution in [2.45, 2.75) is 12.7 Å². The molecule has 2 aromatic rings. The van der Waals surface area contributed by atoms with E-state index in [4.69, 9.17) is 4.74 Å². The van der Waals surface area contributed by atoms with Crippen molar-refractivity contribution in [2.24, 2.45) is 5.10 Å². The molecule has 0 radical (unpaired) electrons. The fourth-order valence-corrected chi connectivity index (χ4v) is 1.69. The first-order chi connectivity index (χ1) is 12.3.